The van der Waals surface area contributed by atoms with Gasteiger partial charge in [0.2, 0.25) is 5.91 Å². The average molecular weight is 439 g/mol. The normalized spacial score (nSPS) is 30.9. The third kappa shape index (κ3) is 5.72. The first-order valence-electron chi connectivity index (χ1n) is 10.8. The number of β-amino-alcohol motifs (C(OH)–C–C–N with tert-alkyl or cyclic N) is 1. The fraction of sp³-hybridized carbons (Fsp3) is 0.682. The van der Waals surface area contributed by atoms with Crippen LogP contribution < -0.4 is 0 Å². The Morgan fingerprint density at radius 3 is 2.80 bits per heavy atom. The van der Waals surface area contributed by atoms with Crippen molar-refractivity contribution in [3.8, 4) is 0 Å². The number of benzene rings is 1. The van der Waals surface area contributed by atoms with Crippen molar-refractivity contribution in [2.24, 2.45) is 0 Å². The molecule has 1 aromatic rings. The van der Waals surface area contributed by atoms with Gasteiger partial charge in [0.15, 0.2) is 0 Å². The van der Waals surface area contributed by atoms with Gasteiger partial charge in [-0.2, -0.15) is 0 Å². The van der Waals surface area contributed by atoms with E-state index in [0.29, 0.717) is 57.4 Å². The number of carbonyl (C=O) groups excluding carboxylic acids is 1. The molecule has 3 fully saturated rings. The summed E-state index contributed by atoms with van der Waals surface area (Å²) in [6, 6.07) is 7.96. The fourth-order valence-electron chi connectivity index (χ4n) is 4.63. The van der Waals surface area contributed by atoms with Crippen LogP contribution >= 0.6 is 11.6 Å². The maximum atomic E-state index is 12.6. The van der Waals surface area contributed by atoms with Gasteiger partial charge in [0.25, 0.3) is 0 Å². The third-order valence-electron chi connectivity index (χ3n) is 6.13. The smallest absolute Gasteiger partial charge is 0.225 e. The lowest BCUT2D eigenvalue weighted by molar-refractivity contribution is -0.162. The first kappa shape index (κ1) is 22.0. The van der Waals surface area contributed by atoms with Gasteiger partial charge in [-0.25, -0.2) is 0 Å². The SMILES string of the molecule is O=C(C[C@@H]1CC[C@H]2[C@@H](COC[C@@H](O)CN2Cc2cccc(Cl)c2)O1)N1CCOCC1. The van der Waals surface area contributed by atoms with Crippen LogP contribution in [0.1, 0.15) is 24.8 Å². The summed E-state index contributed by atoms with van der Waals surface area (Å²) in [6.07, 6.45) is 1.38. The number of nitrogens with zero attached hydrogens (tertiary/aromatic N) is 2. The Kier molecular flexibility index (Phi) is 7.62. The minimum atomic E-state index is -0.536. The van der Waals surface area contributed by atoms with Crippen molar-refractivity contribution in [3.05, 3.63) is 34.9 Å². The van der Waals surface area contributed by atoms with Gasteiger partial charge in [0.1, 0.15) is 0 Å². The highest BCUT2D eigenvalue weighted by Gasteiger charge is 2.38. The lowest BCUT2D eigenvalue weighted by atomic mass is 9.94. The standard InChI is InChI=1S/C22H31ClN2O5/c23-17-3-1-2-16(10-17)12-25-13-18(26)14-29-15-21-20(25)5-4-19(30-21)11-22(27)24-6-8-28-9-7-24/h1-3,10,18-21,26H,4-9,11-15H2/t18-,19-,20-,21+/m0/s1. The lowest BCUT2D eigenvalue weighted by Crippen LogP contribution is -2.55. The zero-order chi connectivity index (χ0) is 20.9. The number of morpholine rings is 1. The first-order chi connectivity index (χ1) is 14.6. The van der Waals surface area contributed by atoms with Gasteiger partial charge in [0, 0.05) is 37.2 Å². The van der Waals surface area contributed by atoms with E-state index in [2.05, 4.69) is 11.0 Å². The molecule has 3 saturated heterocycles. The van der Waals surface area contributed by atoms with Gasteiger partial charge in [-0.3, -0.25) is 9.69 Å². The van der Waals surface area contributed by atoms with Crippen LogP contribution in [0.25, 0.3) is 0 Å². The molecule has 0 radical (unpaired) electrons. The predicted octanol–water partition coefficient (Wildman–Crippen LogP) is 1.70. The molecular formula is C22H31ClN2O5. The minimum Gasteiger partial charge on any atom is -0.389 e. The van der Waals surface area contributed by atoms with Crippen LogP contribution in [0.2, 0.25) is 5.02 Å². The van der Waals surface area contributed by atoms with E-state index in [9.17, 15) is 9.90 Å². The molecule has 0 spiro atoms. The molecule has 4 rings (SSSR count). The molecule has 0 unspecified atom stereocenters. The number of aliphatic hydroxyl groups is 1. The van der Waals surface area contributed by atoms with E-state index >= 15 is 0 Å². The molecule has 8 heteroatoms. The third-order valence-corrected chi connectivity index (χ3v) is 6.36. The van der Waals surface area contributed by atoms with E-state index in [1.54, 1.807) is 0 Å². The van der Waals surface area contributed by atoms with Crippen LogP contribution in [0.4, 0.5) is 0 Å². The molecule has 3 aliphatic rings. The van der Waals surface area contributed by atoms with Crippen molar-refractivity contribution in [3.63, 3.8) is 0 Å². The van der Waals surface area contributed by atoms with Crippen LogP contribution in [0.5, 0.6) is 0 Å². The van der Waals surface area contributed by atoms with E-state index in [-0.39, 0.29) is 30.8 Å². The van der Waals surface area contributed by atoms with E-state index in [4.69, 9.17) is 25.8 Å². The number of amides is 1. The van der Waals surface area contributed by atoms with E-state index in [1.807, 2.05) is 23.1 Å². The zero-order valence-corrected chi connectivity index (χ0v) is 18.0. The Morgan fingerprint density at radius 1 is 1.17 bits per heavy atom. The molecule has 0 saturated carbocycles. The number of fused-ring (bicyclic) bond motifs is 1. The molecule has 3 aliphatic heterocycles. The number of hydrogen-bond acceptors (Lipinski definition) is 6. The van der Waals surface area contributed by atoms with E-state index < -0.39 is 6.10 Å². The van der Waals surface area contributed by atoms with Gasteiger partial charge in [-0.1, -0.05) is 23.7 Å². The molecule has 7 nitrogen and oxygen atoms in total. The van der Waals surface area contributed by atoms with Crippen LogP contribution in [-0.2, 0) is 25.5 Å². The lowest BCUT2D eigenvalue weighted by Gasteiger charge is -2.44. The van der Waals surface area contributed by atoms with Gasteiger partial charge in [-0.15, -0.1) is 0 Å². The fourth-order valence-corrected chi connectivity index (χ4v) is 4.85. The highest BCUT2D eigenvalue weighted by atomic mass is 35.5. The Morgan fingerprint density at radius 2 is 2.00 bits per heavy atom. The molecule has 4 atom stereocenters. The molecule has 0 aromatic heterocycles. The van der Waals surface area contributed by atoms with Crippen LogP contribution in [0.3, 0.4) is 0 Å². The zero-order valence-electron chi connectivity index (χ0n) is 17.2. The summed E-state index contributed by atoms with van der Waals surface area (Å²) in [5.74, 6) is 0.139. The van der Waals surface area contributed by atoms with Crippen molar-refractivity contribution in [2.75, 3.05) is 46.1 Å². The highest BCUT2D eigenvalue weighted by Crippen LogP contribution is 2.29. The highest BCUT2D eigenvalue weighted by molar-refractivity contribution is 6.30. The van der Waals surface area contributed by atoms with Gasteiger partial charge < -0.3 is 24.2 Å². The number of rotatable bonds is 4. The Balaban J connectivity index is 1.40. The van der Waals surface area contributed by atoms with E-state index in [0.717, 1.165) is 18.4 Å². The summed E-state index contributed by atoms with van der Waals surface area (Å²) in [5.41, 5.74) is 1.11. The number of carbonyl (C=O) groups is 1. The summed E-state index contributed by atoms with van der Waals surface area (Å²) in [7, 11) is 0. The maximum absolute atomic E-state index is 12.6. The van der Waals surface area contributed by atoms with Crippen LogP contribution in [-0.4, -0.2) is 91.2 Å². The molecule has 30 heavy (non-hydrogen) atoms. The topological polar surface area (TPSA) is 71.5 Å². The average Bonchev–Trinajstić information content (AvgIpc) is 2.73. The van der Waals surface area contributed by atoms with Crippen molar-refractivity contribution in [1.29, 1.82) is 0 Å². The van der Waals surface area contributed by atoms with Crippen LogP contribution in [0, 0.1) is 0 Å². The van der Waals surface area contributed by atoms with Gasteiger partial charge in [-0.05, 0) is 30.5 Å². The molecule has 1 aromatic carbocycles. The van der Waals surface area contributed by atoms with Crippen molar-refractivity contribution in [2.45, 2.75) is 50.2 Å². The quantitative estimate of drug-likeness (QED) is 0.771. The van der Waals surface area contributed by atoms with Crippen molar-refractivity contribution < 1.29 is 24.1 Å². The number of hydrogen-bond donors (Lipinski definition) is 1. The molecule has 3 heterocycles. The Hall–Kier alpha value is -1.22. The summed E-state index contributed by atoms with van der Waals surface area (Å²) in [6.45, 7) is 4.46. The van der Waals surface area contributed by atoms with E-state index in [1.165, 1.54) is 0 Å². The summed E-state index contributed by atoms with van der Waals surface area (Å²) in [5, 5.41) is 11.0. The molecule has 0 aliphatic carbocycles. The molecule has 0 bridgehead atoms. The monoisotopic (exact) mass is 438 g/mol. The summed E-state index contributed by atoms with van der Waals surface area (Å²) in [4.78, 5) is 16.8. The second kappa shape index (κ2) is 10.4. The first-order valence-corrected chi connectivity index (χ1v) is 11.2. The second-order valence-corrected chi connectivity index (χ2v) is 8.83. The second-order valence-electron chi connectivity index (χ2n) is 8.39. The molecule has 1 N–H and O–H groups in total. The largest absolute Gasteiger partial charge is 0.389 e. The Labute approximate surface area is 182 Å². The molecular weight excluding hydrogens is 408 g/mol. The number of aliphatic hydroxyl groups excluding tert-OH is 1. The minimum absolute atomic E-state index is 0.0948. The van der Waals surface area contributed by atoms with Gasteiger partial charge in [0.05, 0.1) is 51.2 Å². The predicted molar refractivity (Wildman–Crippen MR) is 112 cm³/mol. The van der Waals surface area contributed by atoms with Crippen LogP contribution in [0.15, 0.2) is 24.3 Å². The summed E-state index contributed by atoms with van der Waals surface area (Å²) >= 11 is 6.16. The van der Waals surface area contributed by atoms with Gasteiger partial charge >= 0.3 is 0 Å². The number of halogens is 1. The summed E-state index contributed by atoms with van der Waals surface area (Å²) < 4.78 is 17.4. The molecule has 1 amide bonds. The number of ether oxygens (including phenoxy) is 3. The maximum Gasteiger partial charge on any atom is 0.225 e. The van der Waals surface area contributed by atoms with Crippen molar-refractivity contribution >= 4 is 17.5 Å². The van der Waals surface area contributed by atoms with Crippen molar-refractivity contribution in [1.82, 2.24) is 9.80 Å². The Bertz CT molecular complexity index is 715. The molecule has 166 valence electrons.